The third-order valence-corrected chi connectivity index (χ3v) is 0.895. The van der Waals surface area contributed by atoms with Gasteiger partial charge in [-0.05, 0) is 19.4 Å². The van der Waals surface area contributed by atoms with E-state index in [1.54, 1.807) is 13.8 Å². The molecule has 0 spiro atoms. The molecule has 0 heterocycles. The van der Waals surface area contributed by atoms with Crippen molar-refractivity contribution in [2.45, 2.75) is 13.8 Å². The van der Waals surface area contributed by atoms with E-state index in [9.17, 15) is 4.39 Å². The summed E-state index contributed by atoms with van der Waals surface area (Å²) in [5, 5.41) is 0. The summed E-state index contributed by atoms with van der Waals surface area (Å²) in [4.78, 5) is 0. The molecule has 0 aliphatic rings. The fourth-order valence-electron chi connectivity index (χ4n) is 0.134. The van der Waals surface area contributed by atoms with Crippen molar-refractivity contribution in [3.63, 3.8) is 0 Å². The molecule has 0 aromatic carbocycles. The predicted octanol–water partition coefficient (Wildman–Crippen LogP) is 2.49. The highest BCUT2D eigenvalue weighted by atomic mass is 35.5. The van der Waals surface area contributed by atoms with Crippen molar-refractivity contribution >= 4 is 11.6 Å². The van der Waals surface area contributed by atoms with Crippen LogP contribution in [0.4, 0.5) is 4.39 Å². The SMILES string of the molecule is CC(C)=C(F)CCl. The standard InChI is InChI=1S/C5H8ClF/c1-4(2)5(7)3-6/h3H2,1-2H3. The van der Waals surface area contributed by atoms with Crippen LogP contribution in [0, 0.1) is 0 Å². The first-order valence-corrected chi connectivity index (χ1v) is 2.59. The summed E-state index contributed by atoms with van der Waals surface area (Å²) < 4.78 is 12.0. The first kappa shape index (κ1) is 6.96. The molecule has 0 amide bonds. The Morgan fingerprint density at radius 1 is 1.57 bits per heavy atom. The number of alkyl halides is 1. The largest absolute Gasteiger partial charge is 0.211 e. The fourth-order valence-corrected chi connectivity index (χ4v) is 0.401. The van der Waals surface area contributed by atoms with Crippen molar-refractivity contribution in [3.05, 3.63) is 11.4 Å². The highest BCUT2D eigenvalue weighted by Crippen LogP contribution is 2.04. The van der Waals surface area contributed by atoms with Crippen LogP contribution in [0.25, 0.3) is 0 Å². The minimum atomic E-state index is -0.221. The summed E-state index contributed by atoms with van der Waals surface area (Å²) in [6, 6.07) is 0. The van der Waals surface area contributed by atoms with E-state index in [2.05, 4.69) is 0 Å². The molecule has 42 valence electrons. The summed E-state index contributed by atoms with van der Waals surface area (Å²) in [5.74, 6) is -0.218. The van der Waals surface area contributed by atoms with E-state index < -0.39 is 0 Å². The van der Waals surface area contributed by atoms with Gasteiger partial charge in [0.2, 0.25) is 0 Å². The number of allylic oxidation sites excluding steroid dienone is 2. The van der Waals surface area contributed by atoms with Crippen LogP contribution in [0.1, 0.15) is 13.8 Å². The first-order chi connectivity index (χ1) is 3.18. The Morgan fingerprint density at radius 2 is 2.00 bits per heavy atom. The Kier molecular flexibility index (Phi) is 3.01. The maximum Gasteiger partial charge on any atom is 0.113 e. The second-order valence-corrected chi connectivity index (χ2v) is 1.81. The Morgan fingerprint density at radius 3 is 2.00 bits per heavy atom. The topological polar surface area (TPSA) is 0 Å². The summed E-state index contributed by atoms with van der Waals surface area (Å²) >= 11 is 5.11. The van der Waals surface area contributed by atoms with Crippen LogP contribution in [0.15, 0.2) is 11.4 Å². The van der Waals surface area contributed by atoms with Crippen LogP contribution in [0.2, 0.25) is 0 Å². The molecule has 0 nitrogen and oxygen atoms in total. The second kappa shape index (κ2) is 3.03. The minimum Gasteiger partial charge on any atom is -0.211 e. The molecule has 0 rings (SSSR count). The molecular weight excluding hydrogens is 115 g/mol. The van der Waals surface area contributed by atoms with E-state index in [0.717, 1.165) is 0 Å². The van der Waals surface area contributed by atoms with Crippen LogP contribution in [0.3, 0.4) is 0 Å². The molecule has 7 heavy (non-hydrogen) atoms. The Hall–Kier alpha value is -0.0400. The summed E-state index contributed by atoms with van der Waals surface area (Å²) in [5.41, 5.74) is 0.662. The van der Waals surface area contributed by atoms with Gasteiger partial charge in [0, 0.05) is 0 Å². The summed E-state index contributed by atoms with van der Waals surface area (Å²) in [6.07, 6.45) is 0. The van der Waals surface area contributed by atoms with Gasteiger partial charge in [0.25, 0.3) is 0 Å². The van der Waals surface area contributed by atoms with Crippen molar-refractivity contribution in [1.29, 1.82) is 0 Å². The second-order valence-electron chi connectivity index (χ2n) is 1.54. The lowest BCUT2D eigenvalue weighted by atomic mass is 10.3. The molecule has 0 saturated heterocycles. The van der Waals surface area contributed by atoms with Crippen LogP contribution in [-0.4, -0.2) is 5.88 Å². The molecule has 0 atom stereocenters. The fraction of sp³-hybridized carbons (Fsp3) is 0.600. The van der Waals surface area contributed by atoms with Gasteiger partial charge in [-0.2, -0.15) is 0 Å². The van der Waals surface area contributed by atoms with Crippen LogP contribution in [0.5, 0.6) is 0 Å². The maximum absolute atomic E-state index is 12.0. The van der Waals surface area contributed by atoms with Gasteiger partial charge >= 0.3 is 0 Å². The molecule has 0 aliphatic heterocycles. The molecule has 0 N–H and O–H groups in total. The van der Waals surface area contributed by atoms with Gasteiger partial charge < -0.3 is 0 Å². The molecule has 0 fully saturated rings. The zero-order valence-corrected chi connectivity index (χ0v) is 5.22. The molecule has 0 aromatic rings. The van der Waals surface area contributed by atoms with Gasteiger partial charge in [0.05, 0.1) is 5.88 Å². The van der Waals surface area contributed by atoms with Gasteiger partial charge in [-0.15, -0.1) is 11.6 Å². The van der Waals surface area contributed by atoms with Gasteiger partial charge in [-0.1, -0.05) is 0 Å². The van der Waals surface area contributed by atoms with Gasteiger partial charge in [0.1, 0.15) is 5.83 Å². The van der Waals surface area contributed by atoms with Gasteiger partial charge in [-0.3, -0.25) is 0 Å². The lowest BCUT2D eigenvalue weighted by molar-refractivity contribution is 0.630. The molecule has 0 aliphatic carbocycles. The normalized spacial score (nSPS) is 8.57. The zero-order chi connectivity index (χ0) is 5.86. The molecule has 2 heteroatoms. The predicted molar refractivity (Wildman–Crippen MR) is 30.2 cm³/mol. The highest BCUT2D eigenvalue weighted by molar-refractivity contribution is 6.19. The van der Waals surface area contributed by atoms with Gasteiger partial charge in [-0.25, -0.2) is 4.39 Å². The van der Waals surface area contributed by atoms with E-state index in [-0.39, 0.29) is 11.7 Å². The molecule has 0 unspecified atom stereocenters. The summed E-state index contributed by atoms with van der Waals surface area (Å²) in [7, 11) is 0. The molecule has 0 aromatic heterocycles. The number of halogens is 2. The van der Waals surface area contributed by atoms with Crippen molar-refractivity contribution in [1.82, 2.24) is 0 Å². The van der Waals surface area contributed by atoms with Crippen molar-refractivity contribution in [2.24, 2.45) is 0 Å². The molecule has 0 saturated carbocycles. The van der Waals surface area contributed by atoms with Crippen molar-refractivity contribution in [2.75, 3.05) is 5.88 Å². The van der Waals surface area contributed by atoms with E-state index in [0.29, 0.717) is 5.57 Å². The Balaban J connectivity index is 3.72. The Bertz CT molecular complexity index is 82.1. The highest BCUT2D eigenvalue weighted by Gasteiger charge is 1.90. The van der Waals surface area contributed by atoms with Gasteiger partial charge in [0.15, 0.2) is 0 Å². The van der Waals surface area contributed by atoms with Crippen LogP contribution >= 0.6 is 11.6 Å². The minimum absolute atomic E-state index is 0.00231. The van der Waals surface area contributed by atoms with Crippen molar-refractivity contribution < 1.29 is 4.39 Å². The smallest absolute Gasteiger partial charge is 0.113 e. The van der Waals surface area contributed by atoms with Crippen LogP contribution < -0.4 is 0 Å². The third kappa shape index (κ3) is 2.63. The van der Waals surface area contributed by atoms with E-state index >= 15 is 0 Å². The van der Waals surface area contributed by atoms with E-state index in [1.807, 2.05) is 0 Å². The van der Waals surface area contributed by atoms with Crippen LogP contribution in [-0.2, 0) is 0 Å². The zero-order valence-electron chi connectivity index (χ0n) is 4.46. The quantitative estimate of drug-likeness (QED) is 0.469. The first-order valence-electron chi connectivity index (χ1n) is 2.06. The maximum atomic E-state index is 12.0. The number of hydrogen-bond donors (Lipinski definition) is 0. The monoisotopic (exact) mass is 122 g/mol. The lowest BCUT2D eigenvalue weighted by Crippen LogP contribution is -1.76. The molecular formula is C5H8ClF. The average molecular weight is 123 g/mol. The molecule has 0 bridgehead atoms. The summed E-state index contributed by atoms with van der Waals surface area (Å²) in [6.45, 7) is 3.38. The number of rotatable bonds is 1. The number of hydrogen-bond acceptors (Lipinski definition) is 0. The van der Waals surface area contributed by atoms with E-state index in [1.165, 1.54) is 0 Å². The van der Waals surface area contributed by atoms with E-state index in [4.69, 9.17) is 11.6 Å². The molecule has 0 radical (unpaired) electrons. The Labute approximate surface area is 48.0 Å². The van der Waals surface area contributed by atoms with Crippen molar-refractivity contribution in [3.8, 4) is 0 Å². The lowest BCUT2D eigenvalue weighted by Gasteiger charge is -1.88. The average Bonchev–Trinajstić information content (AvgIpc) is 1.65. The third-order valence-electron chi connectivity index (χ3n) is 0.660.